The average molecular weight is 1560 g/mol. The lowest BCUT2D eigenvalue weighted by Crippen LogP contribution is -2.30. The summed E-state index contributed by atoms with van der Waals surface area (Å²) in [5, 5.41) is 10.7. The van der Waals surface area contributed by atoms with Crippen molar-refractivity contribution >= 4 is 39.5 Å². The van der Waals surface area contributed by atoms with E-state index in [1.807, 2.05) is 0 Å². The lowest BCUT2D eigenvalue weighted by Gasteiger charge is -2.21. The summed E-state index contributed by atoms with van der Waals surface area (Å²) in [7, 11) is -9.92. The van der Waals surface area contributed by atoms with Crippen molar-refractivity contribution in [1.82, 2.24) is 0 Å². The predicted molar refractivity (Wildman–Crippen MR) is 442 cm³/mol. The largest absolute Gasteiger partial charge is 0.472 e. The Hall–Kier alpha value is -1.94. The highest BCUT2D eigenvalue weighted by atomic mass is 31.2. The summed E-state index contributed by atoms with van der Waals surface area (Å²) >= 11 is 0. The quantitative estimate of drug-likeness (QED) is 0.0222. The minimum atomic E-state index is -4.97. The highest BCUT2D eigenvalue weighted by Crippen LogP contribution is 2.45. The van der Waals surface area contributed by atoms with E-state index in [-0.39, 0.29) is 25.7 Å². The summed E-state index contributed by atoms with van der Waals surface area (Å²) in [6.07, 6.45) is 75.4. The van der Waals surface area contributed by atoms with E-state index in [1.165, 1.54) is 289 Å². The maximum absolute atomic E-state index is 13.1. The fourth-order valence-electron chi connectivity index (χ4n) is 13.8. The van der Waals surface area contributed by atoms with Crippen molar-refractivity contribution in [2.75, 3.05) is 39.6 Å². The minimum Gasteiger partial charge on any atom is -0.462 e. The summed E-state index contributed by atoms with van der Waals surface area (Å²) in [6, 6.07) is 0. The van der Waals surface area contributed by atoms with Crippen molar-refractivity contribution in [3.05, 3.63) is 0 Å². The molecule has 0 radical (unpaired) electrons. The Bertz CT molecular complexity index is 2030. The number of unbranched alkanes of at least 4 members (excludes halogenated alkanes) is 60. The van der Waals surface area contributed by atoms with Crippen LogP contribution in [0.15, 0.2) is 0 Å². The van der Waals surface area contributed by atoms with Crippen LogP contribution in [0.3, 0.4) is 0 Å². The van der Waals surface area contributed by atoms with Crippen molar-refractivity contribution in [1.29, 1.82) is 0 Å². The number of carbonyl (C=O) groups is 4. The van der Waals surface area contributed by atoms with E-state index < -0.39 is 97.5 Å². The highest BCUT2D eigenvalue weighted by molar-refractivity contribution is 7.47. The molecule has 0 fully saturated rings. The van der Waals surface area contributed by atoms with Crippen LogP contribution in [0, 0.1) is 5.92 Å². The van der Waals surface area contributed by atoms with Gasteiger partial charge in [0.15, 0.2) is 12.2 Å². The molecule has 107 heavy (non-hydrogen) atoms. The molecule has 0 aliphatic carbocycles. The van der Waals surface area contributed by atoms with E-state index in [0.29, 0.717) is 25.7 Å². The number of carbonyl (C=O) groups excluding carboxylic acids is 4. The second kappa shape index (κ2) is 80.7. The number of aliphatic hydroxyl groups excluding tert-OH is 1. The van der Waals surface area contributed by atoms with Gasteiger partial charge >= 0.3 is 39.5 Å². The molecule has 0 aliphatic rings. The van der Waals surface area contributed by atoms with Crippen LogP contribution in [-0.4, -0.2) is 96.7 Å². The van der Waals surface area contributed by atoms with Crippen LogP contribution in [0.5, 0.6) is 0 Å². The van der Waals surface area contributed by atoms with Gasteiger partial charge in [-0.15, -0.1) is 0 Å². The zero-order chi connectivity index (χ0) is 78.3. The second-order valence-corrected chi connectivity index (χ2v) is 35.0. The number of rotatable bonds is 88. The summed E-state index contributed by atoms with van der Waals surface area (Å²) in [5.74, 6) is -1.29. The Morgan fingerprint density at radius 1 is 0.252 bits per heavy atom. The van der Waals surface area contributed by atoms with Gasteiger partial charge in [-0.25, -0.2) is 9.13 Å². The molecule has 0 spiro atoms. The SMILES string of the molecule is CCCCCCCCCCCCCCCCCCCCCCCC(=O)O[C@H](COC(=O)CCCCCCCCCCCCCCCCCCCCCC)COP(=O)(O)OC[C@@H](O)COP(=O)(O)OC[C@@H](COC(=O)CCCCCCCCC)OC(=O)CCCCCCCCCCCCCCCCCCC(C)C. The van der Waals surface area contributed by atoms with Gasteiger partial charge in [-0.2, -0.15) is 0 Å². The molecular formula is C88H172O17P2. The number of aliphatic hydroxyl groups is 1. The van der Waals surface area contributed by atoms with Gasteiger partial charge < -0.3 is 33.8 Å². The summed E-state index contributed by atoms with van der Waals surface area (Å²) in [6.45, 7) is 7.36. The highest BCUT2D eigenvalue weighted by Gasteiger charge is 2.30. The smallest absolute Gasteiger partial charge is 0.462 e. The Balaban J connectivity index is 5.15. The average Bonchev–Trinajstić information content (AvgIpc) is 0.907. The maximum atomic E-state index is 13.1. The fraction of sp³-hybridized carbons (Fsp3) is 0.955. The van der Waals surface area contributed by atoms with Crippen molar-refractivity contribution in [3.8, 4) is 0 Å². The number of phosphoric acid groups is 2. The Kier molecular flexibility index (Phi) is 79.2. The molecule has 0 aliphatic heterocycles. The topological polar surface area (TPSA) is 237 Å². The number of hydrogen-bond donors (Lipinski definition) is 3. The van der Waals surface area contributed by atoms with Crippen LogP contribution < -0.4 is 0 Å². The fourth-order valence-corrected chi connectivity index (χ4v) is 15.4. The minimum absolute atomic E-state index is 0.108. The van der Waals surface area contributed by atoms with Crippen LogP contribution in [-0.2, 0) is 65.4 Å². The molecule has 0 rings (SSSR count). The van der Waals surface area contributed by atoms with Gasteiger partial charge in [-0.3, -0.25) is 37.3 Å². The molecule has 17 nitrogen and oxygen atoms in total. The molecule has 636 valence electrons. The van der Waals surface area contributed by atoms with Crippen LogP contribution in [0.1, 0.15) is 478 Å². The zero-order valence-corrected chi connectivity index (χ0v) is 72.1. The van der Waals surface area contributed by atoms with Gasteiger partial charge in [0.1, 0.15) is 19.3 Å². The van der Waals surface area contributed by atoms with E-state index in [9.17, 15) is 43.2 Å². The Morgan fingerprint density at radius 2 is 0.430 bits per heavy atom. The third kappa shape index (κ3) is 81.9. The van der Waals surface area contributed by atoms with Gasteiger partial charge in [0.05, 0.1) is 26.4 Å². The first kappa shape index (κ1) is 105. The first-order valence-corrected chi connectivity index (χ1v) is 48.6. The number of hydrogen-bond acceptors (Lipinski definition) is 15. The Morgan fingerprint density at radius 3 is 0.636 bits per heavy atom. The number of ether oxygens (including phenoxy) is 4. The lowest BCUT2D eigenvalue weighted by molar-refractivity contribution is -0.161. The molecule has 0 aromatic rings. The van der Waals surface area contributed by atoms with E-state index in [2.05, 4.69) is 34.6 Å². The molecule has 5 atom stereocenters. The third-order valence-corrected chi connectivity index (χ3v) is 22.7. The second-order valence-electron chi connectivity index (χ2n) is 32.1. The first-order valence-electron chi connectivity index (χ1n) is 45.6. The first-order chi connectivity index (χ1) is 52.0. The normalized spacial score (nSPS) is 13.7. The van der Waals surface area contributed by atoms with Crippen molar-refractivity contribution < 1.29 is 80.2 Å². The molecule has 0 saturated heterocycles. The van der Waals surface area contributed by atoms with Gasteiger partial charge in [-0.1, -0.05) is 426 Å². The molecule has 0 aromatic carbocycles. The van der Waals surface area contributed by atoms with E-state index in [4.69, 9.17) is 37.0 Å². The Labute approximate surface area is 658 Å². The standard InChI is InChI=1S/C88H172O17P2/c1-6-9-12-15-18-20-22-24-26-28-30-32-34-36-41-45-49-53-58-63-69-74-88(93)105-84(78-99-86(91)72-67-62-57-52-48-44-40-35-33-31-29-27-25-23-21-19-16-13-10-7-2)80-103-107(96,97)101-76-82(89)75-100-106(94,95)102-79-83(77-98-85(90)71-66-61-55-17-14-11-8-3)104-87(92)73-68-64-59-54-50-46-42-38-37-39-43-47-51-56-60-65-70-81(4)5/h81-84,89H,6-80H2,1-5H3,(H,94,95)(H,96,97)/t82-,83+,84+/m0/s1. The monoisotopic (exact) mass is 1560 g/mol. The van der Waals surface area contributed by atoms with Gasteiger partial charge in [0, 0.05) is 25.7 Å². The summed E-state index contributed by atoms with van der Waals surface area (Å²) in [4.78, 5) is 73.1. The maximum Gasteiger partial charge on any atom is 0.472 e. The molecule has 0 heterocycles. The van der Waals surface area contributed by atoms with Gasteiger partial charge in [-0.05, 0) is 31.6 Å². The van der Waals surface area contributed by atoms with Crippen LogP contribution in [0.2, 0.25) is 0 Å². The van der Waals surface area contributed by atoms with Crippen molar-refractivity contribution in [2.24, 2.45) is 5.92 Å². The third-order valence-electron chi connectivity index (χ3n) is 20.8. The van der Waals surface area contributed by atoms with Crippen LogP contribution >= 0.6 is 15.6 Å². The molecule has 3 N–H and O–H groups in total. The van der Waals surface area contributed by atoms with Crippen molar-refractivity contribution in [3.63, 3.8) is 0 Å². The summed E-state index contributed by atoms with van der Waals surface area (Å²) < 4.78 is 68.8. The number of esters is 4. The van der Waals surface area contributed by atoms with Crippen molar-refractivity contribution in [2.45, 2.75) is 496 Å². The molecule has 2 unspecified atom stereocenters. The summed E-state index contributed by atoms with van der Waals surface area (Å²) in [5.41, 5.74) is 0. The molecule has 0 bridgehead atoms. The molecular weight excluding hydrogens is 1390 g/mol. The van der Waals surface area contributed by atoms with E-state index in [1.54, 1.807) is 0 Å². The molecule has 0 aromatic heterocycles. The molecule has 19 heteroatoms. The lowest BCUT2D eigenvalue weighted by atomic mass is 10.0. The zero-order valence-electron chi connectivity index (χ0n) is 70.3. The van der Waals surface area contributed by atoms with E-state index >= 15 is 0 Å². The van der Waals surface area contributed by atoms with Crippen LogP contribution in [0.4, 0.5) is 0 Å². The van der Waals surface area contributed by atoms with Crippen LogP contribution in [0.25, 0.3) is 0 Å². The molecule has 0 saturated carbocycles. The van der Waals surface area contributed by atoms with Gasteiger partial charge in [0.25, 0.3) is 0 Å². The van der Waals surface area contributed by atoms with E-state index in [0.717, 1.165) is 109 Å². The van der Waals surface area contributed by atoms with Gasteiger partial charge in [0.2, 0.25) is 0 Å². The predicted octanol–water partition coefficient (Wildman–Crippen LogP) is 27.2. The molecule has 0 amide bonds. The number of phosphoric ester groups is 2.